The summed E-state index contributed by atoms with van der Waals surface area (Å²) >= 11 is 0. The second-order valence-electron chi connectivity index (χ2n) is 9.94. The molecule has 1 unspecified atom stereocenters. The molecule has 1 amide bonds. The molecule has 1 aliphatic carbocycles. The summed E-state index contributed by atoms with van der Waals surface area (Å²) in [5, 5.41) is 0. The first-order valence-corrected chi connectivity index (χ1v) is 12.4. The molecule has 174 valence electrons. The lowest BCUT2D eigenvalue weighted by molar-refractivity contribution is -0.133. The van der Waals surface area contributed by atoms with Crippen LogP contribution >= 0.6 is 0 Å². The van der Waals surface area contributed by atoms with Crippen molar-refractivity contribution in [1.82, 2.24) is 24.3 Å². The van der Waals surface area contributed by atoms with E-state index in [2.05, 4.69) is 72.9 Å². The van der Waals surface area contributed by atoms with Crippen LogP contribution in [-0.4, -0.2) is 56.4 Å². The predicted molar refractivity (Wildman–Crippen MR) is 132 cm³/mol. The van der Waals surface area contributed by atoms with Gasteiger partial charge in [0.25, 0.3) is 0 Å². The van der Waals surface area contributed by atoms with E-state index in [1.54, 1.807) is 12.4 Å². The molecule has 1 spiro atoms. The van der Waals surface area contributed by atoms with Gasteiger partial charge in [-0.15, -0.1) is 0 Å². The van der Waals surface area contributed by atoms with E-state index in [-0.39, 0.29) is 11.3 Å². The summed E-state index contributed by atoms with van der Waals surface area (Å²) in [7, 11) is 0. The zero-order chi connectivity index (χ0) is 23.0. The number of carbonyl (C=O) groups is 1. The van der Waals surface area contributed by atoms with Gasteiger partial charge in [0.05, 0.1) is 0 Å². The molecule has 2 fully saturated rings. The Hall–Kier alpha value is -3.25. The van der Waals surface area contributed by atoms with Crippen molar-refractivity contribution in [3.05, 3.63) is 84.5 Å². The number of nitrogens with zero attached hydrogens (tertiary/aromatic N) is 5. The largest absolute Gasteiger partial charge is 0.338 e. The number of rotatable bonds is 5. The molecule has 2 aromatic heterocycles. The SMILES string of the molecule is O=C(C1CC12CCN(Cc1cccn1-c1ncccn1)CC2)N1CC=C(c2ccccc2)CC1. The van der Waals surface area contributed by atoms with Crippen LogP contribution in [0.5, 0.6) is 0 Å². The van der Waals surface area contributed by atoms with Gasteiger partial charge < -0.3 is 4.90 Å². The van der Waals surface area contributed by atoms with Gasteiger partial charge in [-0.1, -0.05) is 36.4 Å². The molecule has 6 rings (SSSR count). The Labute approximate surface area is 200 Å². The third-order valence-electron chi connectivity index (χ3n) is 7.99. The van der Waals surface area contributed by atoms with Crippen molar-refractivity contribution in [3.8, 4) is 5.95 Å². The third-order valence-corrected chi connectivity index (χ3v) is 7.99. The average Bonchev–Trinajstić information content (AvgIpc) is 3.40. The predicted octanol–water partition coefficient (Wildman–Crippen LogP) is 4.19. The first-order valence-electron chi connectivity index (χ1n) is 12.4. The molecule has 34 heavy (non-hydrogen) atoms. The molecular weight excluding hydrogens is 422 g/mol. The van der Waals surface area contributed by atoms with Gasteiger partial charge in [-0.3, -0.25) is 14.3 Å². The number of hydrogen-bond donors (Lipinski definition) is 0. The van der Waals surface area contributed by atoms with Gasteiger partial charge in [0.15, 0.2) is 0 Å². The van der Waals surface area contributed by atoms with E-state index in [4.69, 9.17) is 0 Å². The number of carbonyl (C=O) groups excluding carboxylic acids is 1. The minimum atomic E-state index is 0.225. The van der Waals surface area contributed by atoms with E-state index in [1.807, 2.05) is 12.3 Å². The topological polar surface area (TPSA) is 54.3 Å². The second-order valence-corrected chi connectivity index (χ2v) is 9.94. The number of piperidine rings is 1. The van der Waals surface area contributed by atoms with E-state index in [0.29, 0.717) is 5.91 Å². The Morgan fingerprint density at radius 1 is 0.971 bits per heavy atom. The zero-order valence-corrected chi connectivity index (χ0v) is 19.5. The third kappa shape index (κ3) is 4.07. The monoisotopic (exact) mass is 453 g/mol. The van der Waals surface area contributed by atoms with E-state index in [1.165, 1.54) is 16.8 Å². The molecule has 1 atom stereocenters. The van der Waals surface area contributed by atoms with Crippen LogP contribution in [-0.2, 0) is 11.3 Å². The van der Waals surface area contributed by atoms with Crippen molar-refractivity contribution in [2.24, 2.45) is 11.3 Å². The first kappa shape index (κ1) is 21.3. The maximum absolute atomic E-state index is 13.3. The van der Waals surface area contributed by atoms with Crippen molar-refractivity contribution < 1.29 is 4.79 Å². The Kier molecular flexibility index (Phi) is 5.53. The molecule has 0 N–H and O–H groups in total. The van der Waals surface area contributed by atoms with E-state index in [0.717, 1.165) is 64.4 Å². The van der Waals surface area contributed by atoms with E-state index in [9.17, 15) is 4.79 Å². The summed E-state index contributed by atoms with van der Waals surface area (Å²) in [6.45, 7) is 4.57. The fourth-order valence-electron chi connectivity index (χ4n) is 5.79. The van der Waals surface area contributed by atoms with E-state index >= 15 is 0 Å². The van der Waals surface area contributed by atoms with Crippen LogP contribution in [0, 0.1) is 11.3 Å². The molecule has 1 aromatic carbocycles. The zero-order valence-electron chi connectivity index (χ0n) is 19.5. The van der Waals surface area contributed by atoms with Gasteiger partial charge >= 0.3 is 0 Å². The first-order chi connectivity index (χ1) is 16.7. The van der Waals surface area contributed by atoms with Gasteiger partial charge in [0.1, 0.15) is 0 Å². The summed E-state index contributed by atoms with van der Waals surface area (Å²) in [5.74, 6) is 1.32. The van der Waals surface area contributed by atoms with Crippen LogP contribution in [0.4, 0.5) is 0 Å². The highest BCUT2D eigenvalue weighted by atomic mass is 16.2. The van der Waals surface area contributed by atoms with Crippen molar-refractivity contribution >= 4 is 11.5 Å². The number of amides is 1. The maximum Gasteiger partial charge on any atom is 0.233 e. The summed E-state index contributed by atoms with van der Waals surface area (Å²) in [5.41, 5.74) is 4.10. The van der Waals surface area contributed by atoms with Gasteiger partial charge in [0.2, 0.25) is 11.9 Å². The molecule has 2 aliphatic heterocycles. The molecule has 4 heterocycles. The number of aromatic nitrogens is 3. The summed E-state index contributed by atoms with van der Waals surface area (Å²) in [6, 6.07) is 16.6. The number of benzene rings is 1. The lowest BCUT2D eigenvalue weighted by Crippen LogP contribution is -2.39. The summed E-state index contributed by atoms with van der Waals surface area (Å²) in [4.78, 5) is 26.7. The Bertz CT molecular complexity index is 1180. The molecule has 0 radical (unpaired) electrons. The van der Waals surface area contributed by atoms with Crippen molar-refractivity contribution in [2.45, 2.75) is 32.2 Å². The van der Waals surface area contributed by atoms with Crippen LogP contribution < -0.4 is 0 Å². The number of hydrogen-bond acceptors (Lipinski definition) is 4. The van der Waals surface area contributed by atoms with Gasteiger partial charge in [-0.05, 0) is 73.5 Å². The molecule has 1 saturated heterocycles. The van der Waals surface area contributed by atoms with Gasteiger partial charge in [-0.2, -0.15) is 0 Å². The molecular formula is C28H31N5O. The average molecular weight is 454 g/mol. The minimum absolute atomic E-state index is 0.225. The van der Waals surface area contributed by atoms with Crippen molar-refractivity contribution in [2.75, 3.05) is 26.2 Å². The Balaban J connectivity index is 1.03. The van der Waals surface area contributed by atoms with Crippen LogP contribution in [0.2, 0.25) is 0 Å². The molecule has 6 heteroatoms. The van der Waals surface area contributed by atoms with E-state index < -0.39 is 0 Å². The Morgan fingerprint density at radius 3 is 2.50 bits per heavy atom. The lowest BCUT2D eigenvalue weighted by Gasteiger charge is -2.34. The smallest absolute Gasteiger partial charge is 0.233 e. The quantitative estimate of drug-likeness (QED) is 0.582. The Morgan fingerprint density at radius 2 is 1.76 bits per heavy atom. The fourth-order valence-corrected chi connectivity index (χ4v) is 5.79. The second kappa shape index (κ2) is 8.84. The van der Waals surface area contributed by atoms with Crippen molar-refractivity contribution in [3.63, 3.8) is 0 Å². The van der Waals surface area contributed by atoms with Crippen LogP contribution in [0.3, 0.4) is 0 Å². The van der Waals surface area contributed by atoms with Gasteiger partial charge in [0, 0.05) is 49.8 Å². The number of likely N-dealkylation sites (tertiary alicyclic amines) is 1. The molecule has 3 aliphatic rings. The molecule has 1 saturated carbocycles. The lowest BCUT2D eigenvalue weighted by atomic mass is 9.90. The van der Waals surface area contributed by atoms with Crippen molar-refractivity contribution in [1.29, 1.82) is 0 Å². The normalized spacial score (nSPS) is 21.9. The highest BCUT2D eigenvalue weighted by molar-refractivity contribution is 5.84. The standard InChI is InChI=1S/C28H31N5O/c34-26(32-16-9-23(10-17-32)22-6-2-1-3-7-22)25-20-28(25)11-18-31(19-12-28)21-24-8-4-15-33(24)27-29-13-5-14-30-27/h1-9,13-15,25H,10-12,16-21H2. The van der Waals surface area contributed by atoms with Crippen LogP contribution in [0.15, 0.2) is 73.2 Å². The highest BCUT2D eigenvalue weighted by Crippen LogP contribution is 2.60. The maximum atomic E-state index is 13.3. The van der Waals surface area contributed by atoms with Crippen LogP contribution in [0.25, 0.3) is 11.5 Å². The minimum Gasteiger partial charge on any atom is -0.338 e. The van der Waals surface area contributed by atoms with Gasteiger partial charge in [-0.25, -0.2) is 9.97 Å². The van der Waals surface area contributed by atoms with Crippen LogP contribution in [0.1, 0.15) is 36.9 Å². The highest BCUT2D eigenvalue weighted by Gasteiger charge is 2.59. The molecule has 3 aromatic rings. The summed E-state index contributed by atoms with van der Waals surface area (Å²) < 4.78 is 2.07. The molecule has 0 bridgehead atoms. The molecule has 6 nitrogen and oxygen atoms in total. The summed E-state index contributed by atoms with van der Waals surface area (Å²) in [6.07, 6.45) is 12.1. The fraction of sp³-hybridized carbons (Fsp3) is 0.393.